The van der Waals surface area contributed by atoms with Crippen LogP contribution in [0.5, 0.6) is 5.75 Å². The minimum absolute atomic E-state index is 0.0469. The third-order valence-electron chi connectivity index (χ3n) is 4.22. The quantitative estimate of drug-likeness (QED) is 0.934. The maximum Gasteiger partial charge on any atom is 0.321 e. The highest BCUT2D eigenvalue weighted by atomic mass is 16.5. The number of nitrogens with zero attached hydrogens (tertiary/aromatic N) is 2. The summed E-state index contributed by atoms with van der Waals surface area (Å²) in [4.78, 5) is 18.4. The van der Waals surface area contributed by atoms with E-state index in [4.69, 9.17) is 4.74 Å². The maximum atomic E-state index is 12.3. The van der Waals surface area contributed by atoms with E-state index in [0.29, 0.717) is 13.1 Å². The number of urea groups is 1. The first-order valence-corrected chi connectivity index (χ1v) is 8.32. The molecule has 1 aromatic heterocycles. The van der Waals surface area contributed by atoms with Crippen LogP contribution in [0, 0.1) is 13.8 Å². The van der Waals surface area contributed by atoms with E-state index in [1.165, 1.54) is 5.56 Å². The molecule has 24 heavy (non-hydrogen) atoms. The molecule has 2 amide bonds. The van der Waals surface area contributed by atoms with E-state index < -0.39 is 0 Å². The number of rotatable bonds is 3. The first-order valence-electron chi connectivity index (χ1n) is 8.32. The van der Waals surface area contributed by atoms with Crippen molar-refractivity contribution in [1.29, 1.82) is 0 Å². The Hall–Kier alpha value is -2.56. The van der Waals surface area contributed by atoms with Crippen LogP contribution in [0.4, 0.5) is 10.5 Å². The zero-order valence-electron chi connectivity index (χ0n) is 14.2. The van der Waals surface area contributed by atoms with Crippen LogP contribution in [-0.4, -0.2) is 35.1 Å². The Balaban J connectivity index is 1.48. The Kier molecular flexibility index (Phi) is 4.99. The van der Waals surface area contributed by atoms with E-state index in [1.807, 2.05) is 55.1 Å². The number of carbonyl (C=O) groups excluding carboxylic acids is 1. The molecule has 0 bridgehead atoms. The minimum Gasteiger partial charge on any atom is -0.489 e. The van der Waals surface area contributed by atoms with E-state index in [0.717, 1.165) is 30.0 Å². The van der Waals surface area contributed by atoms with Crippen molar-refractivity contribution in [2.45, 2.75) is 32.8 Å². The zero-order chi connectivity index (χ0) is 16.9. The van der Waals surface area contributed by atoms with Crippen molar-refractivity contribution < 1.29 is 9.53 Å². The number of anilines is 1. The summed E-state index contributed by atoms with van der Waals surface area (Å²) in [6.45, 7) is 5.37. The SMILES string of the molecule is Cc1ccc(NC(=O)N2CCC(Oc3ccc(C)nc3)CC2)cc1. The van der Waals surface area contributed by atoms with Crippen LogP contribution >= 0.6 is 0 Å². The van der Waals surface area contributed by atoms with Crippen LogP contribution in [0.1, 0.15) is 24.1 Å². The van der Waals surface area contributed by atoms with Crippen molar-refractivity contribution in [3.8, 4) is 5.75 Å². The minimum atomic E-state index is -0.0469. The van der Waals surface area contributed by atoms with Crippen molar-refractivity contribution in [2.24, 2.45) is 0 Å². The standard InChI is InChI=1S/C19H23N3O2/c1-14-3-6-16(7-4-14)21-19(23)22-11-9-17(10-12-22)24-18-8-5-15(2)20-13-18/h3-8,13,17H,9-12H2,1-2H3,(H,21,23). The fourth-order valence-electron chi connectivity index (χ4n) is 2.73. The molecule has 5 heteroatoms. The van der Waals surface area contributed by atoms with Crippen LogP contribution in [0.15, 0.2) is 42.6 Å². The van der Waals surface area contributed by atoms with Gasteiger partial charge in [0.25, 0.3) is 0 Å². The van der Waals surface area contributed by atoms with Gasteiger partial charge in [0.1, 0.15) is 11.9 Å². The zero-order valence-corrected chi connectivity index (χ0v) is 14.2. The van der Waals surface area contributed by atoms with Gasteiger partial charge in [0.2, 0.25) is 0 Å². The normalized spacial score (nSPS) is 15.2. The van der Waals surface area contributed by atoms with Crippen LogP contribution in [-0.2, 0) is 0 Å². The lowest BCUT2D eigenvalue weighted by Crippen LogP contribution is -2.43. The first kappa shape index (κ1) is 16.3. The number of hydrogen-bond acceptors (Lipinski definition) is 3. The molecule has 1 N–H and O–H groups in total. The lowest BCUT2D eigenvalue weighted by atomic mass is 10.1. The summed E-state index contributed by atoms with van der Waals surface area (Å²) >= 11 is 0. The summed E-state index contributed by atoms with van der Waals surface area (Å²) in [6.07, 6.45) is 3.55. The second-order valence-electron chi connectivity index (χ2n) is 6.24. The Labute approximate surface area is 142 Å². The molecule has 0 spiro atoms. The van der Waals surface area contributed by atoms with E-state index >= 15 is 0 Å². The van der Waals surface area contributed by atoms with E-state index in [-0.39, 0.29) is 12.1 Å². The molecule has 0 unspecified atom stereocenters. The van der Waals surface area contributed by atoms with Crippen LogP contribution in [0.25, 0.3) is 0 Å². The number of ether oxygens (including phenoxy) is 1. The molecule has 2 aromatic rings. The number of likely N-dealkylation sites (tertiary alicyclic amines) is 1. The van der Waals surface area contributed by atoms with Crippen molar-refractivity contribution in [2.75, 3.05) is 18.4 Å². The van der Waals surface area contributed by atoms with E-state index in [1.54, 1.807) is 6.20 Å². The van der Waals surface area contributed by atoms with Gasteiger partial charge in [-0.2, -0.15) is 0 Å². The molecule has 0 atom stereocenters. The van der Waals surface area contributed by atoms with Crippen molar-refractivity contribution in [3.05, 3.63) is 53.9 Å². The van der Waals surface area contributed by atoms with Gasteiger partial charge in [-0.1, -0.05) is 17.7 Å². The Morgan fingerprint density at radius 3 is 2.46 bits per heavy atom. The van der Waals surface area contributed by atoms with Gasteiger partial charge >= 0.3 is 6.03 Å². The lowest BCUT2D eigenvalue weighted by Gasteiger charge is -2.32. The fourth-order valence-corrected chi connectivity index (χ4v) is 2.73. The maximum absolute atomic E-state index is 12.3. The number of aromatic nitrogens is 1. The molecule has 1 aliphatic heterocycles. The molecule has 3 rings (SSSR count). The summed E-state index contributed by atoms with van der Waals surface area (Å²) in [5, 5.41) is 2.95. The van der Waals surface area contributed by atoms with Crippen LogP contribution in [0.3, 0.4) is 0 Å². The first-order chi connectivity index (χ1) is 11.6. The Morgan fingerprint density at radius 1 is 1.12 bits per heavy atom. The second kappa shape index (κ2) is 7.34. The van der Waals surface area contributed by atoms with Crippen LogP contribution < -0.4 is 10.1 Å². The monoisotopic (exact) mass is 325 g/mol. The predicted octanol–water partition coefficient (Wildman–Crippen LogP) is 3.77. The second-order valence-corrected chi connectivity index (χ2v) is 6.24. The highest BCUT2D eigenvalue weighted by molar-refractivity contribution is 5.89. The van der Waals surface area contributed by atoms with Crippen molar-refractivity contribution in [3.63, 3.8) is 0 Å². The van der Waals surface area contributed by atoms with Gasteiger partial charge in [-0.05, 0) is 38.1 Å². The van der Waals surface area contributed by atoms with Gasteiger partial charge in [0.15, 0.2) is 0 Å². The third-order valence-corrected chi connectivity index (χ3v) is 4.22. The number of pyridine rings is 1. The molecule has 2 heterocycles. The summed E-state index contributed by atoms with van der Waals surface area (Å²) in [6, 6.07) is 11.7. The third kappa shape index (κ3) is 4.25. The lowest BCUT2D eigenvalue weighted by molar-refractivity contribution is 0.115. The highest BCUT2D eigenvalue weighted by Crippen LogP contribution is 2.19. The van der Waals surface area contributed by atoms with Gasteiger partial charge in [-0.15, -0.1) is 0 Å². The number of amides is 2. The van der Waals surface area contributed by atoms with Gasteiger partial charge in [-0.3, -0.25) is 4.98 Å². The molecule has 1 saturated heterocycles. The average Bonchev–Trinajstić information content (AvgIpc) is 2.59. The number of nitrogens with one attached hydrogen (secondary N) is 1. The van der Waals surface area contributed by atoms with Crippen molar-refractivity contribution >= 4 is 11.7 Å². The topological polar surface area (TPSA) is 54.5 Å². The molecule has 1 aromatic carbocycles. The van der Waals surface area contributed by atoms with Gasteiger partial charge in [-0.25, -0.2) is 4.79 Å². The number of piperidine rings is 1. The molecule has 5 nitrogen and oxygen atoms in total. The summed E-state index contributed by atoms with van der Waals surface area (Å²) in [5.74, 6) is 0.795. The number of aryl methyl sites for hydroxylation is 2. The Bertz CT molecular complexity index is 675. The smallest absolute Gasteiger partial charge is 0.321 e. The number of carbonyl (C=O) groups is 1. The van der Waals surface area contributed by atoms with Crippen molar-refractivity contribution in [1.82, 2.24) is 9.88 Å². The largest absolute Gasteiger partial charge is 0.489 e. The molecule has 126 valence electrons. The van der Waals surface area contributed by atoms with E-state index in [2.05, 4.69) is 10.3 Å². The Morgan fingerprint density at radius 2 is 1.83 bits per heavy atom. The number of hydrogen-bond donors (Lipinski definition) is 1. The summed E-state index contributed by atoms with van der Waals surface area (Å²) in [5.41, 5.74) is 2.98. The highest BCUT2D eigenvalue weighted by Gasteiger charge is 2.24. The number of benzene rings is 1. The molecule has 0 radical (unpaired) electrons. The van der Waals surface area contributed by atoms with Crippen LogP contribution in [0.2, 0.25) is 0 Å². The molecular formula is C19H23N3O2. The summed E-state index contributed by atoms with van der Waals surface area (Å²) in [7, 11) is 0. The molecule has 1 fully saturated rings. The van der Waals surface area contributed by atoms with Gasteiger partial charge < -0.3 is 15.0 Å². The molecule has 1 aliphatic rings. The fraction of sp³-hybridized carbons (Fsp3) is 0.368. The van der Waals surface area contributed by atoms with Gasteiger partial charge in [0, 0.05) is 37.3 Å². The molecular weight excluding hydrogens is 302 g/mol. The van der Waals surface area contributed by atoms with Gasteiger partial charge in [0.05, 0.1) is 6.20 Å². The molecule has 0 saturated carbocycles. The predicted molar refractivity (Wildman–Crippen MR) is 94.4 cm³/mol. The van der Waals surface area contributed by atoms with E-state index in [9.17, 15) is 4.79 Å². The molecule has 0 aliphatic carbocycles. The summed E-state index contributed by atoms with van der Waals surface area (Å²) < 4.78 is 5.95. The average molecular weight is 325 g/mol.